The van der Waals surface area contributed by atoms with Crippen LogP contribution in [-0.2, 0) is 6.54 Å². The Labute approximate surface area is 153 Å². The monoisotopic (exact) mass is 362 g/mol. The van der Waals surface area contributed by atoms with Gasteiger partial charge >= 0.3 is 0 Å². The zero-order chi connectivity index (χ0) is 17.5. The number of anilines is 3. The van der Waals surface area contributed by atoms with E-state index in [4.69, 9.17) is 0 Å². The summed E-state index contributed by atoms with van der Waals surface area (Å²) in [6, 6.07) is 11.7. The Hall–Kier alpha value is -3.26. The summed E-state index contributed by atoms with van der Waals surface area (Å²) in [4.78, 5) is 27.7. The Morgan fingerprint density at radius 2 is 2.04 bits per heavy atom. The maximum atomic E-state index is 12.9. The number of nitrogens with zero attached hydrogens (tertiary/aromatic N) is 5. The Kier molecular flexibility index (Phi) is 3.42. The van der Waals surface area contributed by atoms with E-state index in [9.17, 15) is 4.79 Å². The van der Waals surface area contributed by atoms with Gasteiger partial charge in [0, 0.05) is 24.7 Å². The van der Waals surface area contributed by atoms with Crippen molar-refractivity contribution in [1.29, 1.82) is 0 Å². The number of thiazole rings is 1. The molecule has 5 rings (SSSR count). The molecule has 8 heteroatoms. The fourth-order valence-corrected chi connectivity index (χ4v) is 3.81. The molecule has 0 saturated carbocycles. The summed E-state index contributed by atoms with van der Waals surface area (Å²) in [6.45, 7) is 1.35. The number of aromatic nitrogens is 4. The van der Waals surface area contributed by atoms with Crippen LogP contribution in [0, 0.1) is 0 Å². The number of para-hydroxylation sites is 2. The van der Waals surface area contributed by atoms with Gasteiger partial charge in [0.05, 0.1) is 22.9 Å². The SMILES string of the molecule is O=C(c1csc(Nc2cccnc2)n1)N1CCn2c1nc1ccccc12. The summed E-state index contributed by atoms with van der Waals surface area (Å²) in [5, 5.41) is 5.60. The molecule has 1 aliphatic heterocycles. The quantitative estimate of drug-likeness (QED) is 0.605. The first-order valence-electron chi connectivity index (χ1n) is 8.19. The van der Waals surface area contributed by atoms with Crippen LogP contribution in [-0.4, -0.2) is 32.0 Å². The number of fused-ring (bicyclic) bond motifs is 3. The Bertz CT molecular complexity index is 1100. The molecule has 1 N–H and O–H groups in total. The van der Waals surface area contributed by atoms with Crippen molar-refractivity contribution >= 4 is 45.0 Å². The Morgan fingerprint density at radius 1 is 1.12 bits per heavy atom. The zero-order valence-electron chi connectivity index (χ0n) is 13.7. The standard InChI is InChI=1S/C18H14N6OS/c25-16(14-11-26-17(21-14)20-12-4-3-7-19-10-12)24-9-8-23-15-6-2-1-5-13(15)22-18(23)24/h1-7,10-11H,8-9H2,(H,20,21). The molecule has 1 aromatic carbocycles. The third-order valence-electron chi connectivity index (χ3n) is 4.30. The van der Waals surface area contributed by atoms with Crippen molar-refractivity contribution in [3.05, 3.63) is 59.9 Å². The van der Waals surface area contributed by atoms with Gasteiger partial charge in [0.25, 0.3) is 5.91 Å². The number of amides is 1. The molecule has 4 aromatic rings. The molecule has 0 atom stereocenters. The van der Waals surface area contributed by atoms with E-state index < -0.39 is 0 Å². The van der Waals surface area contributed by atoms with E-state index >= 15 is 0 Å². The van der Waals surface area contributed by atoms with E-state index in [1.54, 1.807) is 22.7 Å². The van der Waals surface area contributed by atoms with Crippen molar-refractivity contribution in [3.8, 4) is 0 Å². The van der Waals surface area contributed by atoms with Gasteiger partial charge in [0.2, 0.25) is 5.95 Å². The zero-order valence-corrected chi connectivity index (χ0v) is 14.5. The predicted octanol–water partition coefficient (Wildman–Crippen LogP) is 3.29. The van der Waals surface area contributed by atoms with Crippen molar-refractivity contribution in [2.24, 2.45) is 0 Å². The number of hydrogen-bond acceptors (Lipinski definition) is 6. The summed E-state index contributed by atoms with van der Waals surface area (Å²) in [6.07, 6.45) is 3.42. The second kappa shape index (κ2) is 5.92. The molecule has 1 amide bonds. The first-order chi connectivity index (χ1) is 12.8. The van der Waals surface area contributed by atoms with Gasteiger partial charge in [0.1, 0.15) is 5.69 Å². The fourth-order valence-electron chi connectivity index (χ4n) is 3.11. The first-order valence-corrected chi connectivity index (χ1v) is 9.07. The molecular formula is C18H14N6OS. The van der Waals surface area contributed by atoms with Crippen LogP contribution in [0.5, 0.6) is 0 Å². The molecule has 0 fully saturated rings. The van der Waals surface area contributed by atoms with Gasteiger partial charge in [-0.3, -0.25) is 14.7 Å². The minimum Gasteiger partial charge on any atom is -0.330 e. The Balaban J connectivity index is 1.42. The van der Waals surface area contributed by atoms with Crippen molar-refractivity contribution < 1.29 is 4.79 Å². The van der Waals surface area contributed by atoms with E-state index in [-0.39, 0.29) is 5.91 Å². The molecule has 0 radical (unpaired) electrons. The highest BCUT2D eigenvalue weighted by Gasteiger charge is 2.30. The molecule has 4 heterocycles. The number of rotatable bonds is 3. The van der Waals surface area contributed by atoms with Crippen LogP contribution in [0.1, 0.15) is 10.5 Å². The molecule has 7 nitrogen and oxygen atoms in total. The largest absolute Gasteiger partial charge is 0.330 e. The lowest BCUT2D eigenvalue weighted by Gasteiger charge is -2.11. The molecule has 0 bridgehead atoms. The minimum absolute atomic E-state index is 0.130. The van der Waals surface area contributed by atoms with E-state index in [1.165, 1.54) is 11.3 Å². The van der Waals surface area contributed by atoms with Gasteiger partial charge in [-0.2, -0.15) is 0 Å². The smallest absolute Gasteiger partial charge is 0.280 e. The van der Waals surface area contributed by atoms with Gasteiger partial charge in [-0.15, -0.1) is 11.3 Å². The molecule has 0 saturated heterocycles. The second-order valence-electron chi connectivity index (χ2n) is 5.91. The number of hydrogen-bond donors (Lipinski definition) is 1. The van der Waals surface area contributed by atoms with Crippen molar-refractivity contribution in [1.82, 2.24) is 19.5 Å². The van der Waals surface area contributed by atoms with E-state index in [0.29, 0.717) is 23.3 Å². The highest BCUT2D eigenvalue weighted by molar-refractivity contribution is 7.14. The molecule has 26 heavy (non-hydrogen) atoms. The summed E-state index contributed by atoms with van der Waals surface area (Å²) in [5.41, 5.74) is 3.21. The number of carbonyl (C=O) groups is 1. The average molecular weight is 362 g/mol. The molecular weight excluding hydrogens is 348 g/mol. The lowest BCUT2D eigenvalue weighted by Crippen LogP contribution is -2.29. The molecule has 3 aromatic heterocycles. The van der Waals surface area contributed by atoms with Crippen LogP contribution in [0.2, 0.25) is 0 Å². The van der Waals surface area contributed by atoms with Crippen molar-refractivity contribution in [2.45, 2.75) is 6.54 Å². The topological polar surface area (TPSA) is 75.9 Å². The van der Waals surface area contributed by atoms with Crippen molar-refractivity contribution in [3.63, 3.8) is 0 Å². The average Bonchev–Trinajstić information content (AvgIpc) is 3.37. The summed E-state index contributed by atoms with van der Waals surface area (Å²) >= 11 is 1.39. The Morgan fingerprint density at radius 3 is 2.92 bits per heavy atom. The molecule has 128 valence electrons. The van der Waals surface area contributed by atoms with Crippen LogP contribution in [0.4, 0.5) is 16.8 Å². The van der Waals surface area contributed by atoms with Crippen molar-refractivity contribution in [2.75, 3.05) is 16.8 Å². The van der Waals surface area contributed by atoms with E-state index in [2.05, 4.69) is 24.8 Å². The summed E-state index contributed by atoms with van der Waals surface area (Å²) < 4.78 is 2.08. The van der Waals surface area contributed by atoms with Crippen LogP contribution in [0.3, 0.4) is 0 Å². The lowest BCUT2D eigenvalue weighted by molar-refractivity contribution is 0.0984. The van der Waals surface area contributed by atoms with E-state index in [1.807, 2.05) is 36.4 Å². The normalized spacial score (nSPS) is 13.2. The number of pyridine rings is 1. The van der Waals surface area contributed by atoms with E-state index in [0.717, 1.165) is 23.3 Å². The fraction of sp³-hybridized carbons (Fsp3) is 0.111. The predicted molar refractivity (Wildman–Crippen MR) is 101 cm³/mol. The highest BCUT2D eigenvalue weighted by Crippen LogP contribution is 2.29. The number of imidazole rings is 1. The van der Waals surface area contributed by atoms with Gasteiger partial charge in [0.15, 0.2) is 5.13 Å². The number of benzene rings is 1. The van der Waals surface area contributed by atoms with Gasteiger partial charge < -0.3 is 9.88 Å². The number of carbonyl (C=O) groups excluding carboxylic acids is 1. The number of nitrogens with one attached hydrogen (secondary N) is 1. The molecule has 0 spiro atoms. The van der Waals surface area contributed by atoms with Crippen LogP contribution < -0.4 is 10.2 Å². The molecule has 0 unspecified atom stereocenters. The lowest BCUT2D eigenvalue weighted by atomic mass is 10.3. The maximum absolute atomic E-state index is 12.9. The maximum Gasteiger partial charge on any atom is 0.280 e. The minimum atomic E-state index is -0.130. The third-order valence-corrected chi connectivity index (χ3v) is 5.06. The summed E-state index contributed by atoms with van der Waals surface area (Å²) in [5.74, 6) is 0.556. The first kappa shape index (κ1) is 15.0. The van der Waals surface area contributed by atoms with Gasteiger partial charge in [-0.1, -0.05) is 12.1 Å². The van der Waals surface area contributed by atoms with Gasteiger partial charge in [-0.25, -0.2) is 9.97 Å². The molecule has 0 aliphatic carbocycles. The van der Waals surface area contributed by atoms with Crippen LogP contribution >= 0.6 is 11.3 Å². The second-order valence-corrected chi connectivity index (χ2v) is 6.77. The summed E-state index contributed by atoms with van der Waals surface area (Å²) in [7, 11) is 0. The molecule has 1 aliphatic rings. The van der Waals surface area contributed by atoms with Gasteiger partial charge in [-0.05, 0) is 24.3 Å². The van der Waals surface area contributed by atoms with Crippen LogP contribution in [0.15, 0.2) is 54.2 Å². The highest BCUT2D eigenvalue weighted by atomic mass is 32.1. The van der Waals surface area contributed by atoms with Crippen LogP contribution in [0.25, 0.3) is 11.0 Å². The third kappa shape index (κ3) is 2.42.